The van der Waals surface area contributed by atoms with Crippen molar-refractivity contribution in [1.82, 2.24) is 5.32 Å². The monoisotopic (exact) mass is 298 g/mol. The molecule has 1 aromatic carbocycles. The molecule has 1 unspecified atom stereocenters. The third kappa shape index (κ3) is 3.34. The van der Waals surface area contributed by atoms with Crippen LogP contribution in [0.2, 0.25) is 0 Å². The SMILES string of the molecule is FC(F)(F)c1ccc(N2CCC(C3CCCN3)CC2)cc1. The highest BCUT2D eigenvalue weighted by Crippen LogP contribution is 2.32. The zero-order valence-electron chi connectivity index (χ0n) is 12.0. The Bertz CT molecular complexity index is 455. The van der Waals surface area contributed by atoms with Crippen molar-refractivity contribution >= 4 is 5.69 Å². The van der Waals surface area contributed by atoms with Gasteiger partial charge in [-0.2, -0.15) is 13.2 Å². The van der Waals surface area contributed by atoms with Gasteiger partial charge in [-0.1, -0.05) is 0 Å². The van der Waals surface area contributed by atoms with Gasteiger partial charge in [-0.05, 0) is 62.4 Å². The Morgan fingerprint density at radius 3 is 2.19 bits per heavy atom. The van der Waals surface area contributed by atoms with Crippen LogP contribution in [-0.4, -0.2) is 25.7 Å². The number of hydrogen-bond donors (Lipinski definition) is 1. The van der Waals surface area contributed by atoms with Crippen LogP contribution in [0, 0.1) is 5.92 Å². The Morgan fingerprint density at radius 2 is 1.67 bits per heavy atom. The lowest BCUT2D eigenvalue weighted by Crippen LogP contribution is -2.40. The van der Waals surface area contributed by atoms with E-state index < -0.39 is 11.7 Å². The molecule has 0 bridgehead atoms. The van der Waals surface area contributed by atoms with Crippen LogP contribution >= 0.6 is 0 Å². The second-order valence-corrected chi connectivity index (χ2v) is 6.07. The maximum atomic E-state index is 12.6. The lowest BCUT2D eigenvalue weighted by Gasteiger charge is -2.36. The second-order valence-electron chi connectivity index (χ2n) is 6.07. The van der Waals surface area contributed by atoms with Crippen molar-refractivity contribution in [1.29, 1.82) is 0 Å². The van der Waals surface area contributed by atoms with Crippen LogP contribution in [0.15, 0.2) is 24.3 Å². The van der Waals surface area contributed by atoms with Crippen molar-refractivity contribution in [3.8, 4) is 0 Å². The van der Waals surface area contributed by atoms with Crippen LogP contribution < -0.4 is 10.2 Å². The van der Waals surface area contributed by atoms with Crippen molar-refractivity contribution in [2.24, 2.45) is 5.92 Å². The molecule has 0 spiro atoms. The summed E-state index contributed by atoms with van der Waals surface area (Å²) in [5, 5.41) is 3.56. The fourth-order valence-electron chi connectivity index (χ4n) is 3.54. The summed E-state index contributed by atoms with van der Waals surface area (Å²) in [5.41, 5.74) is 0.331. The van der Waals surface area contributed by atoms with Crippen molar-refractivity contribution in [2.75, 3.05) is 24.5 Å². The van der Waals surface area contributed by atoms with E-state index >= 15 is 0 Å². The standard InChI is InChI=1S/C16H21F3N2/c17-16(18,19)13-3-5-14(6-4-13)21-10-7-12(8-11-21)15-2-1-9-20-15/h3-6,12,15,20H,1-2,7-11H2. The molecule has 0 radical (unpaired) electrons. The first-order valence-corrected chi connectivity index (χ1v) is 7.69. The normalized spacial score (nSPS) is 24.5. The van der Waals surface area contributed by atoms with Crippen LogP contribution in [-0.2, 0) is 6.18 Å². The largest absolute Gasteiger partial charge is 0.416 e. The number of halogens is 3. The fourth-order valence-corrected chi connectivity index (χ4v) is 3.54. The van der Waals surface area contributed by atoms with E-state index in [1.165, 1.54) is 25.0 Å². The van der Waals surface area contributed by atoms with Gasteiger partial charge in [0.05, 0.1) is 5.56 Å². The molecule has 2 heterocycles. The van der Waals surface area contributed by atoms with Gasteiger partial charge < -0.3 is 10.2 Å². The minimum absolute atomic E-state index is 0.573. The van der Waals surface area contributed by atoms with Crippen LogP contribution in [0.1, 0.15) is 31.2 Å². The van der Waals surface area contributed by atoms with Crippen LogP contribution in [0.25, 0.3) is 0 Å². The van der Waals surface area contributed by atoms with Gasteiger partial charge in [-0.3, -0.25) is 0 Å². The molecule has 21 heavy (non-hydrogen) atoms. The summed E-state index contributed by atoms with van der Waals surface area (Å²) in [5.74, 6) is 0.721. The van der Waals surface area contributed by atoms with Crippen molar-refractivity contribution in [2.45, 2.75) is 37.9 Å². The van der Waals surface area contributed by atoms with Crippen molar-refractivity contribution in [3.05, 3.63) is 29.8 Å². The molecule has 5 heteroatoms. The number of nitrogens with zero attached hydrogens (tertiary/aromatic N) is 1. The van der Waals surface area contributed by atoms with Gasteiger partial charge in [-0.25, -0.2) is 0 Å². The highest BCUT2D eigenvalue weighted by atomic mass is 19.4. The molecule has 0 aromatic heterocycles. The average molecular weight is 298 g/mol. The van der Waals surface area contributed by atoms with Gasteiger partial charge in [0.1, 0.15) is 0 Å². The number of nitrogens with one attached hydrogen (secondary N) is 1. The van der Waals surface area contributed by atoms with E-state index in [4.69, 9.17) is 0 Å². The molecule has 2 aliphatic rings. The molecule has 1 N–H and O–H groups in total. The number of hydrogen-bond acceptors (Lipinski definition) is 2. The highest BCUT2D eigenvalue weighted by Gasteiger charge is 2.31. The third-order valence-electron chi connectivity index (χ3n) is 4.77. The fraction of sp³-hybridized carbons (Fsp3) is 0.625. The smallest absolute Gasteiger partial charge is 0.372 e. The minimum atomic E-state index is -4.25. The van der Waals surface area contributed by atoms with Crippen LogP contribution in [0.3, 0.4) is 0 Å². The van der Waals surface area contributed by atoms with E-state index in [1.807, 2.05) is 0 Å². The summed E-state index contributed by atoms with van der Waals surface area (Å²) in [4.78, 5) is 2.20. The van der Waals surface area contributed by atoms with Gasteiger partial charge in [0.15, 0.2) is 0 Å². The topological polar surface area (TPSA) is 15.3 Å². The van der Waals surface area contributed by atoms with Gasteiger partial charge in [0.2, 0.25) is 0 Å². The molecular weight excluding hydrogens is 277 g/mol. The van der Waals surface area contributed by atoms with Gasteiger partial charge in [0, 0.05) is 24.8 Å². The molecule has 3 rings (SSSR count). The first-order valence-electron chi connectivity index (χ1n) is 7.69. The van der Waals surface area contributed by atoms with Crippen LogP contribution in [0.5, 0.6) is 0 Å². The van der Waals surface area contributed by atoms with Gasteiger partial charge in [0.25, 0.3) is 0 Å². The summed E-state index contributed by atoms with van der Waals surface area (Å²) < 4.78 is 37.7. The van der Waals surface area contributed by atoms with Crippen LogP contribution in [0.4, 0.5) is 18.9 Å². The van der Waals surface area contributed by atoms with E-state index in [2.05, 4.69) is 10.2 Å². The third-order valence-corrected chi connectivity index (χ3v) is 4.77. The van der Waals surface area contributed by atoms with E-state index in [0.29, 0.717) is 6.04 Å². The predicted molar refractivity (Wildman–Crippen MR) is 77.4 cm³/mol. The number of alkyl halides is 3. The summed E-state index contributed by atoms with van der Waals surface area (Å²) in [6.45, 7) is 3.01. The summed E-state index contributed by atoms with van der Waals surface area (Å²) in [6.07, 6.45) is 0.534. The number of piperidine rings is 1. The van der Waals surface area contributed by atoms with Gasteiger partial charge in [-0.15, -0.1) is 0 Å². The second kappa shape index (κ2) is 5.87. The average Bonchev–Trinajstić information content (AvgIpc) is 3.01. The molecule has 0 saturated carbocycles. The van der Waals surface area contributed by atoms with E-state index in [9.17, 15) is 13.2 Å². The highest BCUT2D eigenvalue weighted by molar-refractivity contribution is 5.48. The molecule has 116 valence electrons. The van der Waals surface area contributed by atoms with Crippen molar-refractivity contribution < 1.29 is 13.2 Å². The van der Waals surface area contributed by atoms with Gasteiger partial charge >= 0.3 is 6.18 Å². The predicted octanol–water partition coefficient (Wildman–Crippen LogP) is 3.67. The first-order chi connectivity index (χ1) is 10.0. The molecule has 1 aromatic rings. The molecule has 2 nitrogen and oxygen atoms in total. The van der Waals surface area contributed by atoms with Crippen molar-refractivity contribution in [3.63, 3.8) is 0 Å². The first kappa shape index (κ1) is 14.7. The summed E-state index contributed by atoms with van der Waals surface area (Å²) >= 11 is 0. The Hall–Kier alpha value is -1.23. The van der Waals surface area contributed by atoms with E-state index in [0.717, 1.165) is 44.1 Å². The molecule has 2 aliphatic heterocycles. The molecule has 2 saturated heterocycles. The summed E-state index contributed by atoms with van der Waals surface area (Å²) in [7, 11) is 0. The Labute approximate surface area is 123 Å². The van der Waals surface area contributed by atoms with E-state index in [-0.39, 0.29) is 0 Å². The Kier molecular flexibility index (Phi) is 4.11. The Balaban J connectivity index is 1.59. The quantitative estimate of drug-likeness (QED) is 0.896. The van der Waals surface area contributed by atoms with E-state index in [1.54, 1.807) is 12.1 Å². The molecule has 2 fully saturated rings. The number of rotatable bonds is 2. The Morgan fingerprint density at radius 1 is 1.00 bits per heavy atom. The maximum absolute atomic E-state index is 12.6. The number of anilines is 1. The molecule has 0 amide bonds. The molecule has 1 atom stereocenters. The number of benzene rings is 1. The zero-order valence-corrected chi connectivity index (χ0v) is 12.0. The lowest BCUT2D eigenvalue weighted by molar-refractivity contribution is -0.137. The summed E-state index contributed by atoms with van der Waals surface area (Å²) in [6, 6.07) is 6.20. The zero-order chi connectivity index (χ0) is 14.9. The maximum Gasteiger partial charge on any atom is 0.416 e. The molecule has 0 aliphatic carbocycles. The minimum Gasteiger partial charge on any atom is -0.372 e. The molecular formula is C16H21F3N2. The lowest BCUT2D eigenvalue weighted by atomic mass is 9.88.